The van der Waals surface area contributed by atoms with Crippen molar-refractivity contribution in [3.63, 3.8) is 0 Å². The van der Waals surface area contributed by atoms with Crippen LogP contribution in [0, 0.1) is 5.41 Å². The molecule has 2 aliphatic heterocycles. The Bertz CT molecular complexity index is 483. The van der Waals surface area contributed by atoms with Crippen LogP contribution in [-0.2, 0) is 9.59 Å². The van der Waals surface area contributed by atoms with E-state index in [1.807, 2.05) is 0 Å². The summed E-state index contributed by atoms with van der Waals surface area (Å²) < 4.78 is 14.3. The molecule has 2 saturated heterocycles. The zero-order valence-corrected chi connectivity index (χ0v) is 13.6. The summed E-state index contributed by atoms with van der Waals surface area (Å²) in [6, 6.07) is -0.246. The molecule has 130 valence electrons. The average Bonchev–Trinajstić information content (AvgIpc) is 3.31. The number of nitrogens with one attached hydrogen (secondary N) is 1. The highest BCUT2D eigenvalue weighted by Crippen LogP contribution is 2.53. The summed E-state index contributed by atoms with van der Waals surface area (Å²) in [6.45, 7) is 4.06. The molecule has 3 fully saturated rings. The van der Waals surface area contributed by atoms with Crippen LogP contribution in [-0.4, -0.2) is 77.8 Å². The predicted octanol–water partition coefficient (Wildman–Crippen LogP) is -0.0917. The number of piperazine rings is 1. The fourth-order valence-corrected chi connectivity index (χ4v) is 3.66. The third kappa shape index (κ3) is 3.35. The number of rotatable bonds is 4. The van der Waals surface area contributed by atoms with Crippen LogP contribution in [0.25, 0.3) is 0 Å². The molecule has 1 spiro atoms. The normalized spacial score (nSPS) is 31.3. The number of halogens is 1. The topological polar surface area (TPSA) is 72.9 Å². The number of aliphatic hydroxyl groups excluding tert-OH is 1. The summed E-state index contributed by atoms with van der Waals surface area (Å²) in [5.74, 6) is -0.588. The predicted molar refractivity (Wildman–Crippen MR) is 82.4 cm³/mol. The van der Waals surface area contributed by atoms with E-state index in [9.17, 15) is 19.1 Å². The maximum atomic E-state index is 14.3. The van der Waals surface area contributed by atoms with Gasteiger partial charge in [0.25, 0.3) is 5.91 Å². The van der Waals surface area contributed by atoms with E-state index in [-0.39, 0.29) is 36.9 Å². The van der Waals surface area contributed by atoms with Crippen LogP contribution in [0.4, 0.5) is 4.39 Å². The van der Waals surface area contributed by atoms with Gasteiger partial charge in [0.1, 0.15) is 0 Å². The van der Waals surface area contributed by atoms with Crippen LogP contribution in [0.2, 0.25) is 0 Å². The van der Waals surface area contributed by atoms with Crippen molar-refractivity contribution < 1.29 is 19.1 Å². The molecule has 1 unspecified atom stereocenters. The Morgan fingerprint density at radius 1 is 1.43 bits per heavy atom. The molecule has 0 aromatic rings. The molecular weight excluding hydrogens is 301 g/mol. The van der Waals surface area contributed by atoms with Gasteiger partial charge in [-0.25, -0.2) is 4.39 Å². The number of β-amino-alcohol motifs (C(OH)–C–C–N with tert-alkyl or cyclic N) is 1. The molecule has 1 aliphatic carbocycles. The quantitative estimate of drug-likeness (QED) is 0.757. The molecule has 3 aliphatic rings. The lowest BCUT2D eigenvalue weighted by Crippen LogP contribution is -2.54. The van der Waals surface area contributed by atoms with E-state index in [1.165, 1.54) is 4.90 Å². The van der Waals surface area contributed by atoms with Crippen molar-refractivity contribution in [2.24, 2.45) is 5.41 Å². The highest BCUT2D eigenvalue weighted by molar-refractivity contribution is 5.83. The number of nitrogens with zero attached hydrogens (tertiary/aromatic N) is 2. The molecule has 3 rings (SSSR count). The lowest BCUT2D eigenvalue weighted by Gasteiger charge is -2.37. The number of amides is 2. The van der Waals surface area contributed by atoms with E-state index >= 15 is 0 Å². The van der Waals surface area contributed by atoms with Gasteiger partial charge in [-0.3, -0.25) is 9.59 Å². The standard InChI is InChI=1S/C16H26FN3O3/c1-11-14(22)19(9-6-18-11)7-2-12(17)15(23)20-8-5-16(3-4-16)13(21)10-20/h11-13,18,21H,2-10H2,1H3/t11-,12?,13+/m0/s1. The van der Waals surface area contributed by atoms with E-state index in [4.69, 9.17) is 0 Å². The van der Waals surface area contributed by atoms with Crippen molar-refractivity contribution in [2.75, 3.05) is 32.7 Å². The summed E-state index contributed by atoms with van der Waals surface area (Å²) in [5.41, 5.74) is 0.00590. The van der Waals surface area contributed by atoms with Gasteiger partial charge in [0.2, 0.25) is 5.91 Å². The van der Waals surface area contributed by atoms with Crippen molar-refractivity contribution in [2.45, 2.75) is 50.9 Å². The minimum atomic E-state index is -1.60. The van der Waals surface area contributed by atoms with Crippen LogP contribution >= 0.6 is 0 Å². The molecule has 2 amide bonds. The molecule has 0 aromatic heterocycles. The third-order valence-corrected chi connectivity index (χ3v) is 5.62. The monoisotopic (exact) mass is 327 g/mol. The Balaban J connectivity index is 1.47. The summed E-state index contributed by atoms with van der Waals surface area (Å²) in [4.78, 5) is 27.2. The van der Waals surface area contributed by atoms with E-state index in [0.29, 0.717) is 19.6 Å². The number of carbonyl (C=O) groups excluding carboxylic acids is 2. The van der Waals surface area contributed by atoms with Gasteiger partial charge in [-0.1, -0.05) is 0 Å². The van der Waals surface area contributed by atoms with Crippen LogP contribution in [0.1, 0.15) is 32.6 Å². The number of carbonyl (C=O) groups is 2. The van der Waals surface area contributed by atoms with Crippen LogP contribution in [0.15, 0.2) is 0 Å². The number of hydrogen-bond acceptors (Lipinski definition) is 4. The Morgan fingerprint density at radius 3 is 2.83 bits per heavy atom. The largest absolute Gasteiger partial charge is 0.391 e. The summed E-state index contributed by atoms with van der Waals surface area (Å²) in [6.07, 6.45) is 0.684. The second kappa shape index (κ2) is 6.36. The van der Waals surface area contributed by atoms with Crippen molar-refractivity contribution >= 4 is 11.8 Å². The Kier molecular flexibility index (Phi) is 4.60. The van der Waals surface area contributed by atoms with Crippen LogP contribution < -0.4 is 5.32 Å². The average molecular weight is 327 g/mol. The summed E-state index contributed by atoms with van der Waals surface area (Å²) in [5, 5.41) is 13.2. The van der Waals surface area contributed by atoms with Gasteiger partial charge >= 0.3 is 0 Å². The first kappa shape index (κ1) is 16.6. The second-order valence-corrected chi connectivity index (χ2v) is 7.17. The van der Waals surface area contributed by atoms with Gasteiger partial charge in [0, 0.05) is 39.1 Å². The Morgan fingerprint density at radius 2 is 2.17 bits per heavy atom. The molecule has 23 heavy (non-hydrogen) atoms. The van der Waals surface area contributed by atoms with E-state index in [0.717, 1.165) is 19.3 Å². The zero-order chi connectivity index (χ0) is 16.6. The lowest BCUT2D eigenvalue weighted by molar-refractivity contribution is -0.143. The molecule has 0 radical (unpaired) electrons. The van der Waals surface area contributed by atoms with Crippen molar-refractivity contribution in [3.8, 4) is 0 Å². The number of alkyl halides is 1. The number of piperidine rings is 1. The molecule has 2 heterocycles. The molecule has 7 heteroatoms. The molecule has 2 N–H and O–H groups in total. The highest BCUT2D eigenvalue weighted by Gasteiger charge is 2.52. The SMILES string of the molecule is C[C@@H]1NCCN(CCC(F)C(=O)N2CCC3(CC3)[C@H](O)C2)C1=O. The Labute approximate surface area is 136 Å². The Hall–Kier alpha value is -1.21. The molecule has 0 bridgehead atoms. The lowest BCUT2D eigenvalue weighted by atomic mass is 9.90. The third-order valence-electron chi connectivity index (χ3n) is 5.62. The summed E-state index contributed by atoms with van der Waals surface area (Å²) >= 11 is 0. The van der Waals surface area contributed by atoms with Crippen molar-refractivity contribution in [1.29, 1.82) is 0 Å². The number of hydrogen-bond donors (Lipinski definition) is 2. The molecule has 3 atom stereocenters. The fraction of sp³-hybridized carbons (Fsp3) is 0.875. The molecular formula is C16H26FN3O3. The van der Waals surface area contributed by atoms with Gasteiger partial charge in [-0.05, 0) is 31.6 Å². The van der Waals surface area contributed by atoms with Gasteiger partial charge < -0.3 is 20.2 Å². The maximum absolute atomic E-state index is 14.3. The van der Waals surface area contributed by atoms with E-state index in [1.54, 1.807) is 11.8 Å². The molecule has 6 nitrogen and oxygen atoms in total. The van der Waals surface area contributed by atoms with Gasteiger partial charge in [0.05, 0.1) is 12.1 Å². The smallest absolute Gasteiger partial charge is 0.257 e. The van der Waals surface area contributed by atoms with Gasteiger partial charge in [0.15, 0.2) is 6.17 Å². The second-order valence-electron chi connectivity index (χ2n) is 7.17. The van der Waals surface area contributed by atoms with Crippen molar-refractivity contribution in [1.82, 2.24) is 15.1 Å². The number of likely N-dealkylation sites (tertiary alicyclic amines) is 1. The van der Waals surface area contributed by atoms with Crippen LogP contribution in [0.3, 0.4) is 0 Å². The summed E-state index contributed by atoms with van der Waals surface area (Å²) in [7, 11) is 0. The maximum Gasteiger partial charge on any atom is 0.257 e. The first-order chi connectivity index (χ1) is 10.9. The van der Waals surface area contributed by atoms with E-state index in [2.05, 4.69) is 5.32 Å². The van der Waals surface area contributed by atoms with Gasteiger partial charge in [-0.15, -0.1) is 0 Å². The fourth-order valence-electron chi connectivity index (χ4n) is 3.66. The first-order valence-electron chi connectivity index (χ1n) is 8.56. The minimum Gasteiger partial charge on any atom is -0.391 e. The molecule has 1 saturated carbocycles. The molecule has 0 aromatic carbocycles. The van der Waals surface area contributed by atoms with E-state index < -0.39 is 18.2 Å². The first-order valence-corrected chi connectivity index (χ1v) is 8.56. The minimum absolute atomic E-state index is 0.00590. The van der Waals surface area contributed by atoms with Crippen molar-refractivity contribution in [3.05, 3.63) is 0 Å². The number of aliphatic hydroxyl groups is 1. The zero-order valence-electron chi connectivity index (χ0n) is 13.6. The van der Waals surface area contributed by atoms with Crippen LogP contribution in [0.5, 0.6) is 0 Å². The highest BCUT2D eigenvalue weighted by atomic mass is 19.1. The van der Waals surface area contributed by atoms with Gasteiger partial charge in [-0.2, -0.15) is 0 Å².